The minimum atomic E-state index is -0.664. The average molecular weight is 1200 g/mol. The molecule has 0 aromatic heterocycles. The van der Waals surface area contributed by atoms with Crippen LogP contribution in [0.4, 0.5) is 0 Å². The summed E-state index contributed by atoms with van der Waals surface area (Å²) in [5, 5.41) is 23.4. The van der Waals surface area contributed by atoms with Crippen molar-refractivity contribution >= 4 is 11.9 Å². The summed E-state index contributed by atoms with van der Waals surface area (Å²) in [5.41, 5.74) is 0. The van der Waals surface area contributed by atoms with E-state index < -0.39 is 12.1 Å². The van der Waals surface area contributed by atoms with Gasteiger partial charge in [0.15, 0.2) is 0 Å². The maximum absolute atomic E-state index is 12.6. The smallest absolute Gasteiger partial charge is 0.305 e. The van der Waals surface area contributed by atoms with Crippen LogP contribution in [0.1, 0.15) is 431 Å². The van der Waals surface area contributed by atoms with Gasteiger partial charge in [-0.05, 0) is 83.5 Å². The number of nitrogens with one attached hydrogen (secondary N) is 1. The zero-order valence-corrected chi connectivity index (χ0v) is 57.6. The van der Waals surface area contributed by atoms with Gasteiger partial charge in [-0.3, -0.25) is 9.59 Å². The van der Waals surface area contributed by atoms with Gasteiger partial charge in [0, 0.05) is 12.8 Å². The van der Waals surface area contributed by atoms with Gasteiger partial charge in [-0.1, -0.05) is 371 Å². The van der Waals surface area contributed by atoms with Crippen molar-refractivity contribution in [1.29, 1.82) is 0 Å². The lowest BCUT2D eigenvalue weighted by molar-refractivity contribution is -0.143. The van der Waals surface area contributed by atoms with E-state index in [0.29, 0.717) is 25.9 Å². The predicted molar refractivity (Wildman–Crippen MR) is 375 cm³/mol. The Bertz CT molecular complexity index is 1380. The largest absolute Gasteiger partial charge is 0.466 e. The van der Waals surface area contributed by atoms with Gasteiger partial charge in [0.1, 0.15) is 0 Å². The monoisotopic (exact) mass is 1190 g/mol. The summed E-state index contributed by atoms with van der Waals surface area (Å²) in [6.45, 7) is 4.98. The summed E-state index contributed by atoms with van der Waals surface area (Å²) >= 11 is 0. The molecule has 0 spiro atoms. The fourth-order valence-electron chi connectivity index (χ4n) is 12.3. The first-order valence-corrected chi connectivity index (χ1v) is 38.7. The highest BCUT2D eigenvalue weighted by atomic mass is 16.5. The summed E-state index contributed by atoms with van der Waals surface area (Å²) in [7, 11) is 0. The SMILES string of the molecule is CCCCCC/C=C\C/C=C\CCCCCCCCCC(=O)OCCCCCCCCCCCCCC/C=C\CCCCCCCCCCCCCCCCC(=O)NC(CO)C(O)CCCCCCCCCCCCCCCCCCCCCC. The normalized spacial score (nSPS) is 12.7. The van der Waals surface area contributed by atoms with Crippen molar-refractivity contribution in [3.63, 3.8) is 0 Å². The molecule has 0 aliphatic rings. The highest BCUT2D eigenvalue weighted by Crippen LogP contribution is 2.19. The van der Waals surface area contributed by atoms with Gasteiger partial charge >= 0.3 is 5.97 Å². The van der Waals surface area contributed by atoms with Gasteiger partial charge in [-0.25, -0.2) is 0 Å². The molecule has 6 heteroatoms. The Morgan fingerprint density at radius 1 is 0.329 bits per heavy atom. The van der Waals surface area contributed by atoms with E-state index in [-0.39, 0.29) is 18.5 Å². The van der Waals surface area contributed by atoms with E-state index in [2.05, 4.69) is 55.6 Å². The van der Waals surface area contributed by atoms with Crippen molar-refractivity contribution in [2.24, 2.45) is 0 Å². The molecule has 85 heavy (non-hydrogen) atoms. The Labute approximate surface area is 532 Å². The molecule has 0 aliphatic carbocycles. The van der Waals surface area contributed by atoms with Gasteiger partial charge in [-0.15, -0.1) is 0 Å². The first-order chi connectivity index (χ1) is 42.0. The third-order valence-electron chi connectivity index (χ3n) is 18.2. The number of esters is 1. The second-order valence-corrected chi connectivity index (χ2v) is 26.7. The van der Waals surface area contributed by atoms with Crippen molar-refractivity contribution in [1.82, 2.24) is 5.32 Å². The fraction of sp³-hybridized carbons (Fsp3) is 0.899. The number of allylic oxidation sites excluding steroid dienone is 6. The quantitative estimate of drug-likeness (QED) is 0.0320. The molecule has 6 nitrogen and oxygen atoms in total. The molecule has 0 saturated heterocycles. The summed E-state index contributed by atoms with van der Waals surface area (Å²) in [4.78, 5) is 24.7. The number of rotatable bonds is 73. The molecule has 0 aliphatic heterocycles. The molecule has 0 fully saturated rings. The molecule has 502 valence electrons. The van der Waals surface area contributed by atoms with Crippen molar-refractivity contribution in [3.05, 3.63) is 36.5 Å². The van der Waals surface area contributed by atoms with E-state index >= 15 is 0 Å². The van der Waals surface area contributed by atoms with Gasteiger partial charge in [-0.2, -0.15) is 0 Å². The molecule has 0 heterocycles. The van der Waals surface area contributed by atoms with E-state index in [1.165, 1.54) is 347 Å². The van der Waals surface area contributed by atoms with E-state index in [4.69, 9.17) is 4.74 Å². The maximum Gasteiger partial charge on any atom is 0.305 e. The second kappa shape index (κ2) is 74.5. The minimum Gasteiger partial charge on any atom is -0.466 e. The Morgan fingerprint density at radius 2 is 0.588 bits per heavy atom. The van der Waals surface area contributed by atoms with Crippen LogP contribution in [0, 0.1) is 0 Å². The van der Waals surface area contributed by atoms with Gasteiger partial charge in [0.25, 0.3) is 0 Å². The van der Waals surface area contributed by atoms with Crippen LogP contribution in [-0.4, -0.2) is 47.4 Å². The third-order valence-corrected chi connectivity index (χ3v) is 18.2. The summed E-state index contributed by atoms with van der Waals surface area (Å²) in [6.07, 6.45) is 96.5. The van der Waals surface area contributed by atoms with Crippen LogP contribution in [0.3, 0.4) is 0 Å². The summed E-state index contributed by atoms with van der Waals surface area (Å²) in [5.74, 6) is -0.0185. The van der Waals surface area contributed by atoms with E-state index in [0.717, 1.165) is 51.4 Å². The highest BCUT2D eigenvalue weighted by Gasteiger charge is 2.20. The molecule has 0 aromatic carbocycles. The summed E-state index contributed by atoms with van der Waals surface area (Å²) in [6, 6.07) is -0.541. The standard InChI is InChI=1S/C79H151NO5/c1-3-5-7-9-11-13-15-17-19-21-23-36-39-43-47-51-55-59-63-67-71-77(82)76(75-81)80-78(83)72-68-64-60-56-52-48-44-40-37-34-32-30-28-26-24-25-27-29-31-33-35-38-42-46-50-54-58-62-66-70-74-85-79(84)73-69-65-61-57-53-49-45-41-22-20-18-16-14-12-10-8-6-4-2/h14,16,20,22,25,27,76-77,81-82H,3-13,15,17-19,21,23-24,26,28-75H2,1-2H3,(H,80,83)/b16-14-,22-20-,27-25-. The average Bonchev–Trinajstić information content (AvgIpc) is 3.51. The first kappa shape index (κ1) is 83.1. The molecule has 3 N–H and O–H groups in total. The lowest BCUT2D eigenvalue weighted by Gasteiger charge is -2.22. The third kappa shape index (κ3) is 71.0. The number of aliphatic hydroxyl groups excluding tert-OH is 2. The van der Waals surface area contributed by atoms with Crippen LogP contribution < -0.4 is 5.32 Å². The Hall–Kier alpha value is -1.92. The maximum atomic E-state index is 12.6. The number of unbranched alkanes of at least 4 members (excludes halogenated alkanes) is 56. The molecule has 2 atom stereocenters. The molecular weight excluding hydrogens is 1040 g/mol. The summed E-state index contributed by atoms with van der Waals surface area (Å²) < 4.78 is 5.51. The topological polar surface area (TPSA) is 95.9 Å². The highest BCUT2D eigenvalue weighted by molar-refractivity contribution is 5.76. The van der Waals surface area contributed by atoms with Crippen LogP contribution in [-0.2, 0) is 14.3 Å². The first-order valence-electron chi connectivity index (χ1n) is 38.7. The molecule has 0 bridgehead atoms. The van der Waals surface area contributed by atoms with E-state index in [1.54, 1.807) is 0 Å². The number of hydrogen-bond donors (Lipinski definition) is 3. The van der Waals surface area contributed by atoms with Gasteiger partial charge in [0.05, 0.1) is 25.4 Å². The molecule has 0 rings (SSSR count). The second-order valence-electron chi connectivity index (χ2n) is 26.7. The number of amides is 1. The minimum absolute atomic E-state index is 0.0105. The number of carbonyl (C=O) groups excluding carboxylic acids is 2. The molecule has 1 amide bonds. The van der Waals surface area contributed by atoms with Gasteiger partial charge in [0.2, 0.25) is 5.91 Å². The van der Waals surface area contributed by atoms with Gasteiger partial charge < -0.3 is 20.3 Å². The van der Waals surface area contributed by atoms with Crippen molar-refractivity contribution in [2.75, 3.05) is 13.2 Å². The molecule has 0 radical (unpaired) electrons. The number of aliphatic hydroxyl groups is 2. The van der Waals surface area contributed by atoms with Crippen LogP contribution in [0.5, 0.6) is 0 Å². The van der Waals surface area contributed by atoms with Crippen LogP contribution >= 0.6 is 0 Å². The van der Waals surface area contributed by atoms with Crippen molar-refractivity contribution in [2.45, 2.75) is 443 Å². The van der Waals surface area contributed by atoms with Crippen LogP contribution in [0.2, 0.25) is 0 Å². The zero-order chi connectivity index (χ0) is 61.3. The Kier molecular flexibility index (Phi) is 72.9. The Morgan fingerprint density at radius 3 is 0.918 bits per heavy atom. The van der Waals surface area contributed by atoms with Crippen molar-refractivity contribution < 1.29 is 24.5 Å². The van der Waals surface area contributed by atoms with Crippen LogP contribution in [0.15, 0.2) is 36.5 Å². The van der Waals surface area contributed by atoms with Crippen LogP contribution in [0.25, 0.3) is 0 Å². The zero-order valence-electron chi connectivity index (χ0n) is 57.6. The molecule has 0 saturated carbocycles. The van der Waals surface area contributed by atoms with Crippen molar-refractivity contribution in [3.8, 4) is 0 Å². The Balaban J connectivity index is 3.36. The molecule has 0 aromatic rings. The lowest BCUT2D eigenvalue weighted by atomic mass is 10.0. The number of hydrogen-bond acceptors (Lipinski definition) is 5. The number of ether oxygens (including phenoxy) is 1. The lowest BCUT2D eigenvalue weighted by Crippen LogP contribution is -2.45. The number of carbonyl (C=O) groups is 2. The molecular formula is C79H151NO5. The fourth-order valence-corrected chi connectivity index (χ4v) is 12.3. The molecule has 2 unspecified atom stereocenters. The van der Waals surface area contributed by atoms with E-state index in [9.17, 15) is 19.8 Å². The van der Waals surface area contributed by atoms with E-state index in [1.807, 2.05) is 0 Å². The predicted octanol–water partition coefficient (Wildman–Crippen LogP) is 25.4.